The Morgan fingerprint density at radius 1 is 1.53 bits per heavy atom. The minimum absolute atomic E-state index is 0.0730. The van der Waals surface area contributed by atoms with E-state index in [4.69, 9.17) is 25.0 Å². The molecule has 0 aliphatic heterocycles. The van der Waals surface area contributed by atoms with E-state index in [1.807, 2.05) is 6.07 Å². The van der Waals surface area contributed by atoms with Crippen molar-refractivity contribution < 1.29 is 14.2 Å². The van der Waals surface area contributed by atoms with Gasteiger partial charge in [0.05, 0.1) is 25.4 Å². The quantitative estimate of drug-likeness (QED) is 0.262. The van der Waals surface area contributed by atoms with Gasteiger partial charge in [0.2, 0.25) is 0 Å². The molecule has 0 fully saturated rings. The molecule has 2 unspecified atom stereocenters. The highest BCUT2D eigenvalue weighted by molar-refractivity contribution is 4.84. The molecule has 0 radical (unpaired) electrons. The molecule has 0 aliphatic carbocycles. The van der Waals surface area contributed by atoms with Crippen LogP contribution in [0.1, 0.15) is 6.92 Å². The summed E-state index contributed by atoms with van der Waals surface area (Å²) in [6.07, 6.45) is -0.855. The summed E-state index contributed by atoms with van der Waals surface area (Å²) in [5.74, 6) is 0. The third-order valence-corrected chi connectivity index (χ3v) is 1.42. The monoisotopic (exact) mass is 214 g/mol. The second-order valence-corrected chi connectivity index (χ2v) is 2.75. The molecule has 0 aromatic carbocycles. The standard InChI is InChI=1S/C8H14N4O3/c1-7(4-13-2)15-8(3-9)5-14-6-11-12-10/h7-8H,4-6H2,1-2H3. The second-order valence-electron chi connectivity index (χ2n) is 2.75. The molecule has 0 bridgehead atoms. The molecule has 0 saturated heterocycles. The SMILES string of the molecule is COCC(C)OC(C#N)COCN=[N+]=[N-]. The lowest BCUT2D eigenvalue weighted by Crippen LogP contribution is -2.26. The lowest BCUT2D eigenvalue weighted by Gasteiger charge is -2.16. The summed E-state index contributed by atoms with van der Waals surface area (Å²) in [6.45, 7) is 2.18. The van der Waals surface area contributed by atoms with E-state index < -0.39 is 6.10 Å². The molecule has 0 heterocycles. The van der Waals surface area contributed by atoms with Gasteiger partial charge in [-0.3, -0.25) is 0 Å². The van der Waals surface area contributed by atoms with Crippen molar-refractivity contribution in [2.75, 3.05) is 27.1 Å². The highest BCUT2D eigenvalue weighted by Gasteiger charge is 2.12. The molecule has 0 aromatic rings. The van der Waals surface area contributed by atoms with Crippen molar-refractivity contribution in [2.24, 2.45) is 5.11 Å². The third-order valence-electron chi connectivity index (χ3n) is 1.42. The van der Waals surface area contributed by atoms with Crippen LogP contribution >= 0.6 is 0 Å². The van der Waals surface area contributed by atoms with Crippen molar-refractivity contribution in [3.05, 3.63) is 10.4 Å². The Morgan fingerprint density at radius 2 is 2.27 bits per heavy atom. The maximum absolute atomic E-state index is 8.70. The van der Waals surface area contributed by atoms with Crippen molar-refractivity contribution in [1.82, 2.24) is 0 Å². The van der Waals surface area contributed by atoms with Crippen LogP contribution in [0.3, 0.4) is 0 Å². The minimum Gasteiger partial charge on any atom is -0.382 e. The number of ether oxygens (including phenoxy) is 3. The Balaban J connectivity index is 3.73. The lowest BCUT2D eigenvalue weighted by atomic mass is 10.4. The molecule has 0 saturated carbocycles. The van der Waals surface area contributed by atoms with Gasteiger partial charge < -0.3 is 14.2 Å². The first-order valence-corrected chi connectivity index (χ1v) is 4.37. The molecule has 7 nitrogen and oxygen atoms in total. The van der Waals surface area contributed by atoms with E-state index in [0.717, 1.165) is 0 Å². The van der Waals surface area contributed by atoms with Crippen molar-refractivity contribution >= 4 is 0 Å². The van der Waals surface area contributed by atoms with Gasteiger partial charge in [0.25, 0.3) is 0 Å². The molecule has 0 aromatic heterocycles. The van der Waals surface area contributed by atoms with Gasteiger partial charge in [0.15, 0.2) is 6.10 Å². The van der Waals surface area contributed by atoms with Gasteiger partial charge in [-0.1, -0.05) is 5.11 Å². The van der Waals surface area contributed by atoms with Crippen LogP contribution in [-0.4, -0.2) is 39.3 Å². The van der Waals surface area contributed by atoms with Crippen LogP contribution in [0.2, 0.25) is 0 Å². The smallest absolute Gasteiger partial charge is 0.167 e. The van der Waals surface area contributed by atoms with Gasteiger partial charge in [-0.2, -0.15) is 5.26 Å². The van der Waals surface area contributed by atoms with Crippen LogP contribution in [0.25, 0.3) is 10.4 Å². The molecule has 0 aliphatic rings. The number of rotatable bonds is 8. The zero-order valence-electron chi connectivity index (χ0n) is 8.79. The number of methoxy groups -OCH3 is 1. The Hall–Kier alpha value is -1.32. The van der Waals surface area contributed by atoms with Gasteiger partial charge in [0, 0.05) is 12.0 Å². The van der Waals surface area contributed by atoms with Crippen molar-refractivity contribution in [2.45, 2.75) is 19.1 Å². The Morgan fingerprint density at radius 3 is 2.80 bits per heavy atom. The van der Waals surface area contributed by atoms with E-state index in [1.165, 1.54) is 0 Å². The van der Waals surface area contributed by atoms with E-state index in [2.05, 4.69) is 10.0 Å². The fourth-order valence-electron chi connectivity index (χ4n) is 0.888. The summed E-state index contributed by atoms with van der Waals surface area (Å²) in [4.78, 5) is 2.51. The number of nitrogens with zero attached hydrogens (tertiary/aromatic N) is 4. The van der Waals surface area contributed by atoms with Gasteiger partial charge in [-0.15, -0.1) is 0 Å². The first kappa shape index (κ1) is 13.7. The topological polar surface area (TPSA) is 100 Å². The molecule has 0 rings (SSSR count). The van der Waals surface area contributed by atoms with Gasteiger partial charge in [-0.05, 0) is 12.5 Å². The van der Waals surface area contributed by atoms with Crippen LogP contribution < -0.4 is 0 Å². The lowest BCUT2D eigenvalue weighted by molar-refractivity contribution is -0.0484. The average molecular weight is 214 g/mol. The van der Waals surface area contributed by atoms with Gasteiger partial charge >= 0.3 is 0 Å². The fraction of sp³-hybridized carbons (Fsp3) is 0.875. The van der Waals surface area contributed by atoms with E-state index in [0.29, 0.717) is 6.61 Å². The molecular formula is C8H14N4O3. The number of azide groups is 1. The van der Waals surface area contributed by atoms with Crippen LogP contribution in [0.5, 0.6) is 0 Å². The minimum atomic E-state index is -0.677. The Kier molecular flexibility index (Phi) is 8.43. The van der Waals surface area contributed by atoms with Gasteiger partial charge in [-0.25, -0.2) is 0 Å². The maximum atomic E-state index is 8.70. The summed E-state index contributed by atoms with van der Waals surface area (Å²) in [5, 5.41) is 11.9. The van der Waals surface area contributed by atoms with E-state index in [-0.39, 0.29) is 19.4 Å². The van der Waals surface area contributed by atoms with Crippen LogP contribution in [0, 0.1) is 11.3 Å². The number of nitriles is 1. The second kappa shape index (κ2) is 9.24. The number of hydrogen-bond acceptors (Lipinski definition) is 5. The Labute approximate surface area is 88.2 Å². The highest BCUT2D eigenvalue weighted by Crippen LogP contribution is 1.99. The highest BCUT2D eigenvalue weighted by atomic mass is 16.6. The molecule has 84 valence electrons. The van der Waals surface area contributed by atoms with Crippen molar-refractivity contribution in [1.29, 1.82) is 5.26 Å². The van der Waals surface area contributed by atoms with E-state index in [1.54, 1.807) is 14.0 Å². The zero-order chi connectivity index (χ0) is 11.5. The first-order valence-electron chi connectivity index (χ1n) is 4.37. The molecule has 0 amide bonds. The zero-order valence-corrected chi connectivity index (χ0v) is 8.79. The average Bonchev–Trinajstić information content (AvgIpc) is 2.23. The summed E-state index contributed by atoms with van der Waals surface area (Å²) in [6, 6.07) is 1.93. The molecule has 7 heteroatoms. The molecule has 15 heavy (non-hydrogen) atoms. The maximum Gasteiger partial charge on any atom is 0.167 e. The third kappa shape index (κ3) is 7.73. The first-order chi connectivity index (χ1) is 7.24. The van der Waals surface area contributed by atoms with E-state index in [9.17, 15) is 0 Å². The largest absolute Gasteiger partial charge is 0.382 e. The fourth-order valence-corrected chi connectivity index (χ4v) is 0.888. The van der Waals surface area contributed by atoms with Gasteiger partial charge in [0.1, 0.15) is 6.73 Å². The summed E-state index contributed by atoms with van der Waals surface area (Å²) < 4.78 is 15.0. The van der Waals surface area contributed by atoms with Crippen LogP contribution in [-0.2, 0) is 14.2 Å². The normalized spacial score (nSPS) is 13.7. The van der Waals surface area contributed by atoms with Crippen LogP contribution in [0.4, 0.5) is 0 Å². The van der Waals surface area contributed by atoms with Crippen molar-refractivity contribution in [3.8, 4) is 6.07 Å². The summed E-state index contributed by atoms with van der Waals surface area (Å²) >= 11 is 0. The number of hydrogen-bond donors (Lipinski definition) is 0. The van der Waals surface area contributed by atoms with E-state index >= 15 is 0 Å². The predicted molar refractivity (Wildman–Crippen MR) is 51.8 cm³/mol. The summed E-state index contributed by atoms with van der Waals surface area (Å²) in [7, 11) is 1.55. The molecular weight excluding hydrogens is 200 g/mol. The predicted octanol–water partition coefficient (Wildman–Crippen LogP) is 1.21. The molecule has 0 N–H and O–H groups in total. The van der Waals surface area contributed by atoms with Crippen molar-refractivity contribution in [3.63, 3.8) is 0 Å². The molecule has 0 spiro atoms. The Bertz CT molecular complexity index is 247. The summed E-state index contributed by atoms with van der Waals surface area (Å²) in [5.41, 5.74) is 7.97. The molecule has 2 atom stereocenters. The van der Waals surface area contributed by atoms with Crippen LogP contribution in [0.15, 0.2) is 5.11 Å².